The summed E-state index contributed by atoms with van der Waals surface area (Å²) in [4.78, 5) is 20.7. The van der Waals surface area contributed by atoms with Crippen molar-refractivity contribution in [3.63, 3.8) is 0 Å². The Labute approximate surface area is 181 Å². The van der Waals surface area contributed by atoms with Gasteiger partial charge in [0.25, 0.3) is 0 Å². The van der Waals surface area contributed by atoms with Crippen molar-refractivity contribution >= 4 is 41.5 Å². The molecule has 0 unspecified atom stereocenters. The first-order chi connectivity index (χ1) is 12.4. The molecule has 0 heterocycles. The number of amides is 1. The van der Waals surface area contributed by atoms with E-state index in [1.165, 1.54) is 16.8 Å². The number of carbonyl (C=O) groups is 1. The highest BCUT2D eigenvalue weighted by molar-refractivity contribution is 14.0. The van der Waals surface area contributed by atoms with Crippen molar-refractivity contribution in [1.82, 2.24) is 15.5 Å². The molecule has 7 heteroatoms. The zero-order valence-electron chi connectivity index (χ0n) is 17.6. The van der Waals surface area contributed by atoms with Crippen molar-refractivity contribution in [3.8, 4) is 0 Å². The maximum absolute atomic E-state index is 12.1. The van der Waals surface area contributed by atoms with Crippen LogP contribution in [0.2, 0.25) is 0 Å². The predicted molar refractivity (Wildman–Crippen MR) is 126 cm³/mol. The predicted octanol–water partition coefficient (Wildman–Crippen LogP) is 2.99. The Morgan fingerprint density at radius 2 is 1.78 bits per heavy atom. The number of aryl methyl sites for hydroxylation is 1. The summed E-state index contributed by atoms with van der Waals surface area (Å²) in [5.41, 5.74) is 3.62. The molecule has 1 aromatic rings. The van der Waals surface area contributed by atoms with Gasteiger partial charge in [-0.3, -0.25) is 4.79 Å². The zero-order valence-corrected chi connectivity index (χ0v) is 20.0. The van der Waals surface area contributed by atoms with Crippen LogP contribution in [-0.2, 0) is 11.3 Å². The van der Waals surface area contributed by atoms with Gasteiger partial charge in [0, 0.05) is 52.4 Å². The van der Waals surface area contributed by atoms with Crippen LogP contribution in [0.4, 0.5) is 5.69 Å². The van der Waals surface area contributed by atoms with Crippen molar-refractivity contribution in [2.75, 3.05) is 45.2 Å². The van der Waals surface area contributed by atoms with Crippen LogP contribution in [-0.4, -0.2) is 57.0 Å². The first kappa shape index (κ1) is 25.5. The normalized spacial score (nSPS) is 10.8. The number of rotatable bonds is 9. The summed E-state index contributed by atoms with van der Waals surface area (Å²) in [7, 11) is 4.08. The van der Waals surface area contributed by atoms with Crippen LogP contribution in [0.3, 0.4) is 0 Å². The number of halogens is 1. The van der Waals surface area contributed by atoms with E-state index < -0.39 is 0 Å². The fourth-order valence-electron chi connectivity index (χ4n) is 2.66. The van der Waals surface area contributed by atoms with Crippen LogP contribution in [0.1, 0.15) is 38.3 Å². The average molecular weight is 489 g/mol. The topological polar surface area (TPSA) is 60.0 Å². The summed E-state index contributed by atoms with van der Waals surface area (Å²) in [5, 5.41) is 6.50. The number of carbonyl (C=O) groups excluding carboxylic acids is 1. The third kappa shape index (κ3) is 8.81. The van der Waals surface area contributed by atoms with E-state index in [1.54, 1.807) is 0 Å². The van der Waals surface area contributed by atoms with Gasteiger partial charge in [0.2, 0.25) is 5.91 Å². The first-order valence-corrected chi connectivity index (χ1v) is 9.49. The van der Waals surface area contributed by atoms with Crippen molar-refractivity contribution in [1.29, 1.82) is 0 Å². The summed E-state index contributed by atoms with van der Waals surface area (Å²) >= 11 is 0. The summed E-state index contributed by atoms with van der Waals surface area (Å²) < 4.78 is 0. The molecule has 154 valence electrons. The molecule has 27 heavy (non-hydrogen) atoms. The Morgan fingerprint density at radius 1 is 1.11 bits per heavy atom. The molecule has 2 N–H and O–H groups in total. The van der Waals surface area contributed by atoms with Crippen LogP contribution in [0.5, 0.6) is 0 Å². The van der Waals surface area contributed by atoms with Crippen LogP contribution in [0.15, 0.2) is 23.2 Å². The molecule has 0 aliphatic carbocycles. The summed E-state index contributed by atoms with van der Waals surface area (Å²) in [6.07, 6.45) is 0.475. The lowest BCUT2D eigenvalue weighted by Crippen LogP contribution is -2.40. The van der Waals surface area contributed by atoms with E-state index in [2.05, 4.69) is 45.6 Å². The van der Waals surface area contributed by atoms with Gasteiger partial charge >= 0.3 is 0 Å². The van der Waals surface area contributed by atoms with Crippen LogP contribution in [0, 0.1) is 6.92 Å². The minimum Gasteiger partial charge on any atom is -0.378 e. The van der Waals surface area contributed by atoms with Crippen molar-refractivity contribution in [3.05, 3.63) is 29.3 Å². The molecule has 6 nitrogen and oxygen atoms in total. The summed E-state index contributed by atoms with van der Waals surface area (Å²) in [5.74, 6) is 0.921. The number of hydrogen-bond donors (Lipinski definition) is 2. The van der Waals surface area contributed by atoms with Crippen LogP contribution >= 0.6 is 24.0 Å². The number of benzene rings is 1. The minimum atomic E-state index is 0. The molecule has 0 aliphatic rings. The Bertz CT molecular complexity index is 600. The van der Waals surface area contributed by atoms with Crippen molar-refractivity contribution in [2.45, 2.75) is 40.7 Å². The molecule has 0 fully saturated rings. The van der Waals surface area contributed by atoms with Gasteiger partial charge in [-0.2, -0.15) is 0 Å². The molecule has 1 rings (SSSR count). The van der Waals surface area contributed by atoms with Gasteiger partial charge < -0.3 is 20.4 Å². The molecule has 0 bridgehead atoms. The van der Waals surface area contributed by atoms with Gasteiger partial charge in [-0.25, -0.2) is 4.99 Å². The van der Waals surface area contributed by atoms with Gasteiger partial charge in [0.15, 0.2) is 5.96 Å². The van der Waals surface area contributed by atoms with Crippen molar-refractivity contribution < 1.29 is 4.79 Å². The lowest BCUT2D eigenvalue weighted by atomic mass is 10.1. The number of nitrogens with zero attached hydrogens (tertiary/aromatic N) is 3. The highest BCUT2D eigenvalue weighted by Crippen LogP contribution is 2.17. The lowest BCUT2D eigenvalue weighted by molar-refractivity contribution is -0.130. The fraction of sp³-hybridized carbons (Fsp3) is 0.600. The number of hydrogen-bond acceptors (Lipinski definition) is 3. The number of anilines is 1. The standard InChI is InChI=1S/C20H35N5O.HI/c1-7-21-20(22-13-12-19(26)25(8-2)9-3)23-15-17-10-11-18(24(5)6)14-16(17)4;/h10-11,14H,7-9,12-13,15H2,1-6H3,(H2,21,22,23);1H. The minimum absolute atomic E-state index is 0. The number of nitrogens with one attached hydrogen (secondary N) is 2. The highest BCUT2D eigenvalue weighted by Gasteiger charge is 2.09. The van der Waals surface area contributed by atoms with Crippen LogP contribution < -0.4 is 15.5 Å². The quantitative estimate of drug-likeness (QED) is 0.318. The SMILES string of the molecule is CCNC(=NCc1ccc(N(C)C)cc1C)NCCC(=O)N(CC)CC.I. The molecule has 0 aromatic heterocycles. The Balaban J connectivity index is 0.00000676. The molecular weight excluding hydrogens is 453 g/mol. The molecule has 0 spiro atoms. The molecule has 0 radical (unpaired) electrons. The Kier molecular flexibility index (Phi) is 12.9. The van der Waals surface area contributed by atoms with E-state index in [4.69, 9.17) is 0 Å². The second-order valence-corrected chi connectivity index (χ2v) is 6.44. The highest BCUT2D eigenvalue weighted by atomic mass is 127. The van der Waals surface area contributed by atoms with Crippen molar-refractivity contribution in [2.24, 2.45) is 4.99 Å². The maximum Gasteiger partial charge on any atom is 0.224 e. The second kappa shape index (κ2) is 13.6. The summed E-state index contributed by atoms with van der Waals surface area (Å²) in [6.45, 7) is 11.6. The van der Waals surface area contributed by atoms with Crippen LogP contribution in [0.25, 0.3) is 0 Å². The maximum atomic E-state index is 12.1. The fourth-order valence-corrected chi connectivity index (χ4v) is 2.66. The van der Waals surface area contributed by atoms with Gasteiger partial charge in [0.05, 0.1) is 6.54 Å². The Morgan fingerprint density at radius 3 is 2.30 bits per heavy atom. The third-order valence-electron chi connectivity index (χ3n) is 4.34. The third-order valence-corrected chi connectivity index (χ3v) is 4.34. The number of aliphatic imine (C=N–C) groups is 1. The second-order valence-electron chi connectivity index (χ2n) is 6.44. The van der Waals surface area contributed by atoms with Gasteiger partial charge in [0.1, 0.15) is 0 Å². The van der Waals surface area contributed by atoms with E-state index in [1.807, 2.05) is 39.8 Å². The lowest BCUT2D eigenvalue weighted by Gasteiger charge is -2.19. The summed E-state index contributed by atoms with van der Waals surface area (Å²) in [6, 6.07) is 6.41. The van der Waals surface area contributed by atoms with E-state index in [0.29, 0.717) is 19.5 Å². The molecule has 0 saturated heterocycles. The van der Waals surface area contributed by atoms with E-state index in [9.17, 15) is 4.79 Å². The van der Waals surface area contributed by atoms with E-state index >= 15 is 0 Å². The Hall–Kier alpha value is -1.51. The average Bonchev–Trinajstić information content (AvgIpc) is 2.61. The molecular formula is C20H36IN5O. The van der Waals surface area contributed by atoms with Gasteiger partial charge in [-0.15, -0.1) is 24.0 Å². The first-order valence-electron chi connectivity index (χ1n) is 9.49. The van der Waals surface area contributed by atoms with E-state index in [0.717, 1.165) is 25.6 Å². The number of guanidine groups is 1. The monoisotopic (exact) mass is 489 g/mol. The largest absolute Gasteiger partial charge is 0.378 e. The van der Waals surface area contributed by atoms with E-state index in [-0.39, 0.29) is 29.9 Å². The van der Waals surface area contributed by atoms with Gasteiger partial charge in [-0.05, 0) is 51.0 Å². The smallest absolute Gasteiger partial charge is 0.224 e. The molecule has 0 atom stereocenters. The molecule has 1 aromatic carbocycles. The molecule has 1 amide bonds. The zero-order chi connectivity index (χ0) is 19.5. The molecule has 0 saturated carbocycles. The molecule has 0 aliphatic heterocycles. The van der Waals surface area contributed by atoms with Gasteiger partial charge in [-0.1, -0.05) is 6.07 Å².